The van der Waals surface area contributed by atoms with Gasteiger partial charge in [-0.15, -0.1) is 0 Å². The SMILES string of the molecule is COC1CC2C(=CCC3C2(C)C(=O)CC2(C)C4C(CC32C)OC(C(C)(C)O)CC(=O)C4C)C(C)(C)C1=O. The van der Waals surface area contributed by atoms with Crippen LogP contribution in [0.5, 0.6) is 0 Å². The van der Waals surface area contributed by atoms with Gasteiger partial charge in [0.15, 0.2) is 5.78 Å². The number of hydrogen-bond acceptors (Lipinski definition) is 6. The maximum absolute atomic E-state index is 14.4. The number of rotatable bonds is 2. The number of ether oxygens (including phenoxy) is 2. The monoisotopic (exact) mass is 514 g/mol. The standard InChI is InChI=1S/C31H46O6/c1-16-19(32)13-24(28(4,5)35)37-21-14-29(6)22-11-10-17-18(12-20(36-9)26(34)27(17,2)3)31(22,8)23(33)15-30(29,7)25(16)21/h10,16,18,20-22,24-25,35H,11-15H2,1-9H3. The number of allylic oxidation sites excluding steroid dienone is 2. The average Bonchev–Trinajstić information content (AvgIpc) is 2.92. The Morgan fingerprint density at radius 2 is 1.73 bits per heavy atom. The van der Waals surface area contributed by atoms with E-state index in [2.05, 4.69) is 26.8 Å². The van der Waals surface area contributed by atoms with Crippen molar-refractivity contribution in [3.05, 3.63) is 11.6 Å². The zero-order valence-electron chi connectivity index (χ0n) is 24.1. The zero-order chi connectivity index (χ0) is 27.5. The van der Waals surface area contributed by atoms with Gasteiger partial charge in [0.1, 0.15) is 17.7 Å². The molecule has 1 saturated heterocycles. The summed E-state index contributed by atoms with van der Waals surface area (Å²) in [4.78, 5) is 41.1. The number of fused-ring (bicyclic) bond motifs is 7. The van der Waals surface area contributed by atoms with E-state index in [1.807, 2.05) is 20.8 Å². The number of aliphatic hydroxyl groups is 1. The van der Waals surface area contributed by atoms with Crippen molar-refractivity contribution in [2.24, 2.45) is 45.3 Å². The van der Waals surface area contributed by atoms with Crippen LogP contribution in [0.2, 0.25) is 0 Å². The molecule has 5 rings (SSSR count). The van der Waals surface area contributed by atoms with Gasteiger partial charge in [0, 0.05) is 42.6 Å². The summed E-state index contributed by atoms with van der Waals surface area (Å²) in [6, 6.07) is 0. The van der Waals surface area contributed by atoms with Crippen molar-refractivity contribution in [3.63, 3.8) is 0 Å². The van der Waals surface area contributed by atoms with Crippen LogP contribution in [0.4, 0.5) is 0 Å². The third-order valence-electron chi connectivity index (χ3n) is 12.3. The summed E-state index contributed by atoms with van der Waals surface area (Å²) in [5.74, 6) is 0.170. The summed E-state index contributed by atoms with van der Waals surface area (Å²) in [7, 11) is 1.59. The van der Waals surface area contributed by atoms with E-state index in [9.17, 15) is 19.5 Å². The van der Waals surface area contributed by atoms with Gasteiger partial charge in [-0.3, -0.25) is 14.4 Å². The summed E-state index contributed by atoms with van der Waals surface area (Å²) < 4.78 is 12.3. The van der Waals surface area contributed by atoms with Gasteiger partial charge in [-0.1, -0.05) is 39.3 Å². The van der Waals surface area contributed by atoms with E-state index in [1.165, 1.54) is 0 Å². The number of Topliss-reactive ketones (excluding diaryl/α,β-unsaturated/α-hetero) is 3. The lowest BCUT2D eigenvalue weighted by Crippen LogP contribution is -2.64. The van der Waals surface area contributed by atoms with Crippen molar-refractivity contribution in [2.75, 3.05) is 7.11 Å². The minimum Gasteiger partial charge on any atom is -0.388 e. The maximum atomic E-state index is 14.4. The molecule has 37 heavy (non-hydrogen) atoms. The van der Waals surface area contributed by atoms with Crippen molar-refractivity contribution in [3.8, 4) is 0 Å². The Bertz CT molecular complexity index is 1070. The second kappa shape index (κ2) is 8.08. The number of carbonyl (C=O) groups excluding carboxylic acids is 3. The van der Waals surface area contributed by atoms with Crippen molar-refractivity contribution in [2.45, 2.75) is 111 Å². The molecular weight excluding hydrogens is 468 g/mol. The number of methoxy groups -OCH3 is 1. The number of hydrogen-bond donors (Lipinski definition) is 1. The predicted octanol–water partition coefficient (Wildman–Crippen LogP) is 4.71. The average molecular weight is 515 g/mol. The third-order valence-corrected chi connectivity index (χ3v) is 12.3. The minimum atomic E-state index is -1.12. The van der Waals surface area contributed by atoms with Gasteiger partial charge >= 0.3 is 0 Å². The topological polar surface area (TPSA) is 89.9 Å². The number of ketones is 3. The lowest BCUT2D eigenvalue weighted by Gasteiger charge is -2.64. The normalized spacial score (nSPS) is 49.4. The molecule has 0 aromatic rings. The third kappa shape index (κ3) is 3.37. The second-order valence-corrected chi connectivity index (χ2v) is 14.7. The molecule has 6 nitrogen and oxygen atoms in total. The summed E-state index contributed by atoms with van der Waals surface area (Å²) in [5, 5.41) is 10.8. The first-order chi connectivity index (χ1) is 16.9. The highest BCUT2D eigenvalue weighted by Gasteiger charge is 2.73. The first-order valence-corrected chi connectivity index (χ1v) is 14.2. The molecule has 10 atom stereocenters. The van der Waals surface area contributed by atoms with Crippen molar-refractivity contribution < 1.29 is 29.0 Å². The van der Waals surface area contributed by atoms with E-state index in [-0.39, 0.29) is 59.0 Å². The van der Waals surface area contributed by atoms with Crippen molar-refractivity contribution >= 4 is 17.3 Å². The van der Waals surface area contributed by atoms with Crippen molar-refractivity contribution in [1.29, 1.82) is 0 Å². The molecule has 1 N–H and O–H groups in total. The predicted molar refractivity (Wildman–Crippen MR) is 140 cm³/mol. The molecule has 5 aliphatic rings. The molecule has 4 aliphatic carbocycles. The number of carbonyl (C=O) groups is 3. The van der Waals surface area contributed by atoms with Crippen LogP contribution < -0.4 is 0 Å². The lowest BCUT2D eigenvalue weighted by molar-refractivity contribution is -0.175. The smallest absolute Gasteiger partial charge is 0.171 e. The highest BCUT2D eigenvalue weighted by molar-refractivity contribution is 5.95. The molecule has 1 aliphatic heterocycles. The van der Waals surface area contributed by atoms with Gasteiger partial charge < -0.3 is 14.6 Å². The summed E-state index contributed by atoms with van der Waals surface area (Å²) >= 11 is 0. The molecule has 1 heterocycles. The molecule has 3 saturated carbocycles. The molecule has 206 valence electrons. The maximum Gasteiger partial charge on any atom is 0.171 e. The molecular formula is C31H46O6. The quantitative estimate of drug-likeness (QED) is 0.537. The fraction of sp³-hybridized carbons (Fsp3) is 0.839. The van der Waals surface area contributed by atoms with Gasteiger partial charge in [-0.05, 0) is 69.6 Å². The van der Waals surface area contributed by atoms with Gasteiger partial charge in [0.25, 0.3) is 0 Å². The lowest BCUT2D eigenvalue weighted by atomic mass is 9.38. The first-order valence-electron chi connectivity index (χ1n) is 14.2. The van der Waals surface area contributed by atoms with Crippen LogP contribution in [-0.2, 0) is 23.9 Å². The van der Waals surface area contributed by atoms with Crippen LogP contribution in [0, 0.1) is 45.3 Å². The van der Waals surface area contributed by atoms with Crippen LogP contribution in [0.25, 0.3) is 0 Å². The van der Waals surface area contributed by atoms with E-state index in [1.54, 1.807) is 21.0 Å². The van der Waals surface area contributed by atoms with Crippen LogP contribution in [0.1, 0.15) is 87.5 Å². The molecule has 0 aromatic carbocycles. The Balaban J connectivity index is 1.62. The van der Waals surface area contributed by atoms with Gasteiger partial charge in [-0.2, -0.15) is 0 Å². The van der Waals surface area contributed by atoms with Crippen LogP contribution in [-0.4, -0.2) is 53.5 Å². The fourth-order valence-electron chi connectivity index (χ4n) is 9.84. The van der Waals surface area contributed by atoms with Crippen LogP contribution in [0.15, 0.2) is 11.6 Å². The fourth-order valence-corrected chi connectivity index (χ4v) is 9.84. The molecule has 0 radical (unpaired) electrons. The molecule has 0 aromatic heterocycles. The largest absolute Gasteiger partial charge is 0.388 e. The van der Waals surface area contributed by atoms with Crippen LogP contribution >= 0.6 is 0 Å². The second-order valence-electron chi connectivity index (χ2n) is 14.7. The Hall–Kier alpha value is -1.37. The van der Waals surface area contributed by atoms with E-state index in [0.29, 0.717) is 12.8 Å². The highest BCUT2D eigenvalue weighted by atomic mass is 16.5. The molecule has 10 unspecified atom stereocenters. The first kappa shape index (κ1) is 27.2. The minimum absolute atomic E-state index is 0.0488. The summed E-state index contributed by atoms with van der Waals surface area (Å²) in [6.45, 7) is 16.1. The highest BCUT2D eigenvalue weighted by Crippen LogP contribution is 2.74. The summed E-state index contributed by atoms with van der Waals surface area (Å²) in [6.07, 6.45) is 3.65. The van der Waals surface area contributed by atoms with Gasteiger partial charge in [0.2, 0.25) is 0 Å². The molecule has 4 fully saturated rings. The van der Waals surface area contributed by atoms with Crippen molar-refractivity contribution in [1.82, 2.24) is 0 Å². The van der Waals surface area contributed by atoms with Gasteiger partial charge in [0.05, 0.1) is 17.8 Å². The molecule has 0 bridgehead atoms. The summed E-state index contributed by atoms with van der Waals surface area (Å²) in [5.41, 5.74) is -1.93. The Morgan fingerprint density at radius 1 is 1.08 bits per heavy atom. The zero-order valence-corrected chi connectivity index (χ0v) is 24.1. The van der Waals surface area contributed by atoms with E-state index < -0.39 is 34.1 Å². The Labute approximate surface area is 221 Å². The molecule has 0 amide bonds. The molecule has 0 spiro atoms. The Kier molecular flexibility index (Phi) is 5.94. The van der Waals surface area contributed by atoms with E-state index in [4.69, 9.17) is 9.47 Å². The van der Waals surface area contributed by atoms with E-state index >= 15 is 0 Å². The van der Waals surface area contributed by atoms with E-state index in [0.717, 1.165) is 18.4 Å². The molecule has 6 heteroatoms. The van der Waals surface area contributed by atoms with Gasteiger partial charge in [-0.25, -0.2) is 0 Å². The Morgan fingerprint density at radius 3 is 2.32 bits per heavy atom. The van der Waals surface area contributed by atoms with Crippen LogP contribution in [0.3, 0.4) is 0 Å².